The second-order valence-corrected chi connectivity index (χ2v) is 7.30. The lowest BCUT2D eigenvalue weighted by Gasteiger charge is -2.25. The van der Waals surface area contributed by atoms with Crippen LogP contribution in [0.5, 0.6) is 0 Å². The quantitative estimate of drug-likeness (QED) is 0.461. The van der Waals surface area contributed by atoms with Crippen molar-refractivity contribution in [1.29, 1.82) is 0 Å². The number of hydrogen-bond acceptors (Lipinski definition) is 4. The van der Waals surface area contributed by atoms with E-state index in [1.807, 2.05) is 0 Å². The molecular weight excluding hydrogens is 328 g/mol. The molecule has 2 aliphatic heterocycles. The topological polar surface area (TPSA) is 76.4 Å². The molecule has 1 aromatic heterocycles. The lowest BCUT2D eigenvalue weighted by molar-refractivity contribution is 0.153. The van der Waals surface area contributed by atoms with Crippen LogP contribution in [0.3, 0.4) is 0 Å². The number of rotatable bonds is 6. The lowest BCUT2D eigenvalue weighted by Crippen LogP contribution is -2.47. The summed E-state index contributed by atoms with van der Waals surface area (Å²) in [4.78, 5) is 9.42. The molecule has 144 valence electrons. The van der Waals surface area contributed by atoms with E-state index < -0.39 is 0 Å². The summed E-state index contributed by atoms with van der Waals surface area (Å²) in [6, 6.07) is 0.337. The van der Waals surface area contributed by atoms with Gasteiger partial charge in [-0.15, -0.1) is 0 Å². The van der Waals surface area contributed by atoms with Crippen LogP contribution in [0.15, 0.2) is 16.6 Å². The zero-order valence-corrected chi connectivity index (χ0v) is 16.3. The van der Waals surface area contributed by atoms with E-state index >= 15 is 0 Å². The number of aryl methyl sites for hydroxylation is 1. The molecule has 1 atom stereocenters. The first kappa shape index (κ1) is 18.9. The summed E-state index contributed by atoms with van der Waals surface area (Å²) in [6.07, 6.45) is 6.26. The van der Waals surface area contributed by atoms with Gasteiger partial charge in [-0.25, -0.2) is 9.67 Å². The van der Waals surface area contributed by atoms with Crippen molar-refractivity contribution in [3.05, 3.63) is 23.3 Å². The van der Waals surface area contributed by atoms with Crippen molar-refractivity contribution < 1.29 is 4.74 Å². The van der Waals surface area contributed by atoms with Gasteiger partial charge in [-0.1, -0.05) is 25.5 Å². The maximum absolute atomic E-state index is 5.36. The van der Waals surface area contributed by atoms with Gasteiger partial charge >= 0.3 is 0 Å². The van der Waals surface area contributed by atoms with Crippen LogP contribution in [0.2, 0.25) is 0 Å². The molecular formula is C19H32N6O. The predicted octanol–water partition coefficient (Wildman–Crippen LogP) is 2.01. The molecule has 0 bridgehead atoms. The van der Waals surface area contributed by atoms with Gasteiger partial charge in [0.25, 0.3) is 0 Å². The molecule has 0 spiro atoms. The first-order valence-electron chi connectivity index (χ1n) is 9.89. The van der Waals surface area contributed by atoms with Crippen LogP contribution in [0.25, 0.3) is 0 Å². The smallest absolute Gasteiger partial charge is 0.191 e. The third-order valence-corrected chi connectivity index (χ3v) is 4.84. The maximum atomic E-state index is 5.36. The Morgan fingerprint density at radius 3 is 3.04 bits per heavy atom. The van der Waals surface area contributed by atoms with Gasteiger partial charge in [-0.2, -0.15) is 5.10 Å². The summed E-state index contributed by atoms with van der Waals surface area (Å²) >= 11 is 0. The Morgan fingerprint density at radius 2 is 2.31 bits per heavy atom. The van der Waals surface area contributed by atoms with Gasteiger partial charge in [0.15, 0.2) is 11.8 Å². The van der Waals surface area contributed by atoms with Gasteiger partial charge in [0.2, 0.25) is 0 Å². The van der Waals surface area contributed by atoms with Gasteiger partial charge in [0, 0.05) is 31.5 Å². The fourth-order valence-electron chi connectivity index (χ4n) is 3.31. The molecule has 7 heteroatoms. The van der Waals surface area contributed by atoms with Crippen LogP contribution >= 0.6 is 0 Å². The van der Waals surface area contributed by atoms with Crippen molar-refractivity contribution in [2.75, 3.05) is 26.3 Å². The summed E-state index contributed by atoms with van der Waals surface area (Å²) in [5, 5.41) is 11.6. The van der Waals surface area contributed by atoms with Crippen molar-refractivity contribution in [3.8, 4) is 0 Å². The fraction of sp³-hybridized carbons (Fsp3) is 0.737. The number of aliphatic imine (C=N–C) groups is 1. The molecule has 1 unspecified atom stereocenters. The van der Waals surface area contributed by atoms with Crippen LogP contribution in [-0.2, 0) is 17.7 Å². The largest absolute Gasteiger partial charge is 0.377 e. The first-order chi connectivity index (χ1) is 12.7. The summed E-state index contributed by atoms with van der Waals surface area (Å²) in [6.45, 7) is 10.5. The molecule has 0 saturated heterocycles. The van der Waals surface area contributed by atoms with Crippen molar-refractivity contribution >= 4 is 5.96 Å². The molecule has 2 aliphatic rings. The molecule has 0 radical (unpaired) electrons. The van der Waals surface area contributed by atoms with E-state index in [0.29, 0.717) is 12.0 Å². The van der Waals surface area contributed by atoms with E-state index in [1.165, 1.54) is 5.57 Å². The van der Waals surface area contributed by atoms with Gasteiger partial charge in [-0.05, 0) is 26.2 Å². The SMILES string of the molecule is CCNC(=NCCC1=CCOCC1)NC1CCc2nc(C(C)C)nn2C1. The molecule has 2 N–H and O–H groups in total. The van der Waals surface area contributed by atoms with Gasteiger partial charge < -0.3 is 15.4 Å². The molecule has 3 heterocycles. The number of aromatic nitrogens is 3. The monoisotopic (exact) mass is 360 g/mol. The van der Waals surface area contributed by atoms with Gasteiger partial charge in [0.1, 0.15) is 5.82 Å². The Kier molecular flexibility index (Phi) is 6.66. The summed E-state index contributed by atoms with van der Waals surface area (Å²) in [7, 11) is 0. The number of nitrogens with zero attached hydrogens (tertiary/aromatic N) is 4. The normalized spacial score (nSPS) is 20.7. The van der Waals surface area contributed by atoms with Crippen molar-refractivity contribution in [2.45, 2.75) is 65.0 Å². The predicted molar refractivity (Wildman–Crippen MR) is 103 cm³/mol. The van der Waals surface area contributed by atoms with Crippen LogP contribution < -0.4 is 10.6 Å². The van der Waals surface area contributed by atoms with Crippen molar-refractivity contribution in [1.82, 2.24) is 25.4 Å². The Balaban J connectivity index is 1.55. The molecule has 26 heavy (non-hydrogen) atoms. The van der Waals surface area contributed by atoms with Crippen molar-refractivity contribution in [2.24, 2.45) is 4.99 Å². The third kappa shape index (κ3) is 5.06. The highest BCUT2D eigenvalue weighted by atomic mass is 16.5. The summed E-state index contributed by atoms with van der Waals surface area (Å²) in [5.41, 5.74) is 1.46. The Hall–Kier alpha value is -1.89. The zero-order chi connectivity index (χ0) is 18.4. The highest BCUT2D eigenvalue weighted by molar-refractivity contribution is 5.80. The minimum Gasteiger partial charge on any atom is -0.377 e. The molecule has 0 fully saturated rings. The highest BCUT2D eigenvalue weighted by Crippen LogP contribution is 2.17. The van der Waals surface area contributed by atoms with E-state index in [0.717, 1.165) is 76.1 Å². The number of fused-ring (bicyclic) bond motifs is 1. The minimum atomic E-state index is 0.337. The minimum absolute atomic E-state index is 0.337. The molecule has 0 aromatic carbocycles. The lowest BCUT2D eigenvalue weighted by atomic mass is 10.1. The summed E-state index contributed by atoms with van der Waals surface area (Å²) in [5.74, 6) is 3.33. The van der Waals surface area contributed by atoms with Crippen LogP contribution in [0, 0.1) is 0 Å². The van der Waals surface area contributed by atoms with Gasteiger partial charge in [-0.3, -0.25) is 4.99 Å². The van der Waals surface area contributed by atoms with Crippen LogP contribution in [-0.4, -0.2) is 53.1 Å². The fourth-order valence-corrected chi connectivity index (χ4v) is 3.31. The molecule has 0 aliphatic carbocycles. The third-order valence-electron chi connectivity index (χ3n) is 4.84. The van der Waals surface area contributed by atoms with E-state index in [1.54, 1.807) is 0 Å². The number of guanidine groups is 1. The first-order valence-corrected chi connectivity index (χ1v) is 9.89. The second kappa shape index (κ2) is 9.16. The van der Waals surface area contributed by atoms with E-state index in [2.05, 4.69) is 52.2 Å². The molecule has 3 rings (SSSR count). The number of hydrogen-bond donors (Lipinski definition) is 2. The Bertz CT molecular complexity index is 648. The van der Waals surface area contributed by atoms with Crippen LogP contribution in [0.4, 0.5) is 0 Å². The average molecular weight is 361 g/mol. The van der Waals surface area contributed by atoms with Gasteiger partial charge in [0.05, 0.1) is 19.8 Å². The average Bonchev–Trinajstić information content (AvgIpc) is 3.06. The standard InChI is InChI=1S/C19H32N6O/c1-4-20-19(21-10-7-15-8-11-26-12-9-15)22-16-5-6-17-23-18(14(2)3)24-25(17)13-16/h8,14,16H,4-7,9-13H2,1-3H3,(H2,20,21,22). The van der Waals surface area contributed by atoms with E-state index in [-0.39, 0.29) is 0 Å². The zero-order valence-electron chi connectivity index (χ0n) is 16.3. The second-order valence-electron chi connectivity index (χ2n) is 7.30. The van der Waals surface area contributed by atoms with Crippen LogP contribution in [0.1, 0.15) is 57.6 Å². The summed E-state index contributed by atoms with van der Waals surface area (Å²) < 4.78 is 7.42. The Labute approximate surface area is 156 Å². The van der Waals surface area contributed by atoms with Crippen molar-refractivity contribution in [3.63, 3.8) is 0 Å². The molecule has 7 nitrogen and oxygen atoms in total. The molecule has 1 aromatic rings. The van der Waals surface area contributed by atoms with E-state index in [4.69, 9.17) is 9.73 Å². The molecule has 0 amide bonds. The highest BCUT2D eigenvalue weighted by Gasteiger charge is 2.23. The van der Waals surface area contributed by atoms with E-state index in [9.17, 15) is 0 Å². The number of nitrogens with one attached hydrogen (secondary N) is 2. The maximum Gasteiger partial charge on any atom is 0.191 e. The number of ether oxygens (including phenoxy) is 1. The Morgan fingerprint density at radius 1 is 1.42 bits per heavy atom. The molecule has 0 saturated carbocycles.